The fourth-order valence-corrected chi connectivity index (χ4v) is 5.28. The van der Waals surface area contributed by atoms with Crippen LogP contribution in [0.2, 0.25) is 0 Å². The molecular weight excluding hydrogens is 527 g/mol. The molecule has 2 heterocycles. The largest absolute Gasteiger partial charge is 0.507 e. The number of fused-ring (bicyclic) bond motifs is 4. The smallest absolute Gasteiger partial charge is 0.229 e. The van der Waals surface area contributed by atoms with E-state index in [4.69, 9.17) is 13.8 Å². The third kappa shape index (κ3) is 4.41. The first-order valence-electron chi connectivity index (χ1n) is 13.7. The number of benzene rings is 5. The van der Waals surface area contributed by atoms with Gasteiger partial charge in [0.1, 0.15) is 28.2 Å². The maximum absolute atomic E-state index is 13.8. The molecule has 0 amide bonds. The number of hydrogen-bond acceptors (Lipinski definition) is 5. The zero-order valence-corrected chi connectivity index (χ0v) is 23.4. The Bertz CT molecular complexity index is 2160. The molecule has 0 saturated carbocycles. The molecule has 0 unspecified atom stereocenters. The monoisotopic (exact) mass is 554 g/mol. The van der Waals surface area contributed by atoms with Crippen molar-refractivity contribution in [1.82, 2.24) is 4.98 Å². The summed E-state index contributed by atoms with van der Waals surface area (Å²) in [6, 6.07) is 29.6. The van der Waals surface area contributed by atoms with E-state index in [1.165, 1.54) is 24.4 Å². The van der Waals surface area contributed by atoms with Crippen molar-refractivity contribution in [3.63, 3.8) is 0 Å². The Morgan fingerprint density at radius 2 is 1.52 bits per heavy atom. The van der Waals surface area contributed by atoms with Crippen LogP contribution in [0.3, 0.4) is 0 Å². The predicted molar refractivity (Wildman–Crippen MR) is 166 cm³/mol. The molecule has 0 aliphatic heterocycles. The van der Waals surface area contributed by atoms with E-state index in [9.17, 15) is 9.50 Å². The molecule has 7 aromatic rings. The summed E-state index contributed by atoms with van der Waals surface area (Å²) in [6.45, 7) is 6.51. The molecule has 5 aromatic carbocycles. The van der Waals surface area contributed by atoms with Crippen molar-refractivity contribution in [2.24, 2.45) is 4.99 Å². The zero-order chi connectivity index (χ0) is 29.0. The molecule has 42 heavy (non-hydrogen) atoms. The minimum atomic E-state index is -0.455. The van der Waals surface area contributed by atoms with Gasteiger partial charge in [0.25, 0.3) is 0 Å². The molecule has 0 fully saturated rings. The summed E-state index contributed by atoms with van der Waals surface area (Å²) in [5.41, 5.74) is 7.34. The van der Waals surface area contributed by atoms with Crippen molar-refractivity contribution in [1.29, 1.82) is 0 Å². The SMILES string of the molecule is CC(C)(C)c1cc(-c2cccc3c2oc2ccccc23)c2nc(-c3ccccc3N=Cc3cc(F)ccc3O)oc2c1. The maximum Gasteiger partial charge on any atom is 0.229 e. The number of phenols is 1. The standard InChI is InChI=1S/C36H27FN2O3/c1-36(2,3)22-18-28(26-12-8-11-25-24-9-5-7-14-31(24)41-34(25)26)33-32(19-22)42-35(39-33)27-10-4-6-13-29(27)38-20-21-17-23(37)15-16-30(21)40/h4-20,40H,1-3H3. The second-order valence-electron chi connectivity index (χ2n) is 11.4. The average molecular weight is 555 g/mol. The topological polar surface area (TPSA) is 71.8 Å². The average Bonchev–Trinajstić information content (AvgIpc) is 3.59. The summed E-state index contributed by atoms with van der Waals surface area (Å²) in [7, 11) is 0. The van der Waals surface area contributed by atoms with Crippen LogP contribution in [0.4, 0.5) is 10.1 Å². The lowest BCUT2D eigenvalue weighted by Crippen LogP contribution is -2.11. The molecule has 0 saturated heterocycles. The van der Waals surface area contributed by atoms with Crippen molar-refractivity contribution < 1.29 is 18.3 Å². The highest BCUT2D eigenvalue weighted by Gasteiger charge is 2.23. The lowest BCUT2D eigenvalue weighted by atomic mass is 9.85. The lowest BCUT2D eigenvalue weighted by molar-refractivity contribution is 0.472. The van der Waals surface area contributed by atoms with Gasteiger partial charge in [0.15, 0.2) is 5.58 Å². The Morgan fingerprint density at radius 1 is 0.762 bits per heavy atom. The van der Waals surface area contributed by atoms with Crippen molar-refractivity contribution in [3.05, 3.63) is 114 Å². The zero-order valence-electron chi connectivity index (χ0n) is 23.4. The van der Waals surface area contributed by atoms with E-state index in [1.807, 2.05) is 54.6 Å². The maximum atomic E-state index is 13.8. The normalized spacial score (nSPS) is 12.3. The molecule has 1 N–H and O–H groups in total. The van der Waals surface area contributed by atoms with Crippen molar-refractivity contribution in [2.75, 3.05) is 0 Å². The molecule has 2 aromatic heterocycles. The molecule has 0 radical (unpaired) electrons. The third-order valence-electron chi connectivity index (χ3n) is 7.52. The van der Waals surface area contributed by atoms with Crippen molar-refractivity contribution in [3.8, 4) is 28.3 Å². The van der Waals surface area contributed by atoms with Crippen LogP contribution in [-0.4, -0.2) is 16.3 Å². The number of nitrogens with zero attached hydrogens (tertiary/aromatic N) is 2. The van der Waals surface area contributed by atoms with Gasteiger partial charge < -0.3 is 13.9 Å². The van der Waals surface area contributed by atoms with Gasteiger partial charge in [-0.1, -0.05) is 69.3 Å². The lowest BCUT2D eigenvalue weighted by Gasteiger charge is -2.20. The summed E-state index contributed by atoms with van der Waals surface area (Å²) in [5.74, 6) is -0.105. The Labute approximate surface area is 241 Å². The highest BCUT2D eigenvalue weighted by Crippen LogP contribution is 2.42. The van der Waals surface area contributed by atoms with Crippen LogP contribution >= 0.6 is 0 Å². The third-order valence-corrected chi connectivity index (χ3v) is 7.52. The van der Waals surface area contributed by atoms with Crippen LogP contribution in [0.15, 0.2) is 111 Å². The summed E-state index contributed by atoms with van der Waals surface area (Å²) in [6.07, 6.45) is 1.44. The summed E-state index contributed by atoms with van der Waals surface area (Å²) < 4.78 is 26.6. The molecule has 7 rings (SSSR count). The van der Waals surface area contributed by atoms with E-state index in [0.717, 1.165) is 38.6 Å². The van der Waals surface area contributed by atoms with E-state index in [1.54, 1.807) is 0 Å². The van der Waals surface area contributed by atoms with Crippen LogP contribution < -0.4 is 0 Å². The van der Waals surface area contributed by atoms with Gasteiger partial charge >= 0.3 is 0 Å². The number of rotatable bonds is 4. The number of furan rings is 1. The molecule has 6 heteroatoms. The summed E-state index contributed by atoms with van der Waals surface area (Å²) in [5, 5.41) is 12.3. The summed E-state index contributed by atoms with van der Waals surface area (Å²) in [4.78, 5) is 9.56. The van der Waals surface area contributed by atoms with Gasteiger partial charge in [0.2, 0.25) is 5.89 Å². The van der Waals surface area contributed by atoms with Crippen LogP contribution in [-0.2, 0) is 5.41 Å². The van der Waals surface area contributed by atoms with E-state index in [-0.39, 0.29) is 16.7 Å². The number of phenolic OH excluding ortho intramolecular Hbond substituents is 1. The number of aromatic nitrogens is 1. The van der Waals surface area contributed by atoms with E-state index in [2.05, 4.69) is 50.0 Å². The first-order chi connectivity index (χ1) is 20.3. The molecule has 0 aliphatic rings. The second kappa shape index (κ2) is 9.70. The fourth-order valence-electron chi connectivity index (χ4n) is 5.28. The molecule has 0 atom stereocenters. The minimum absolute atomic E-state index is 0.0568. The van der Waals surface area contributed by atoms with Crippen molar-refractivity contribution in [2.45, 2.75) is 26.2 Å². The molecule has 206 valence electrons. The molecule has 5 nitrogen and oxygen atoms in total. The van der Waals surface area contributed by atoms with Crippen LogP contribution in [0.5, 0.6) is 5.75 Å². The van der Waals surface area contributed by atoms with Gasteiger partial charge in [0, 0.05) is 33.7 Å². The van der Waals surface area contributed by atoms with Gasteiger partial charge in [-0.2, -0.15) is 0 Å². The first-order valence-corrected chi connectivity index (χ1v) is 13.7. The highest BCUT2D eigenvalue weighted by molar-refractivity contribution is 6.11. The molecule has 0 spiro atoms. The number of oxazole rings is 1. The number of halogens is 1. The Morgan fingerprint density at radius 3 is 2.38 bits per heavy atom. The number of para-hydroxylation sites is 3. The Kier molecular flexibility index (Phi) is 5.94. The minimum Gasteiger partial charge on any atom is -0.507 e. The van der Waals surface area contributed by atoms with E-state index in [0.29, 0.717) is 28.2 Å². The van der Waals surface area contributed by atoms with Gasteiger partial charge in [-0.25, -0.2) is 9.37 Å². The molecule has 0 bridgehead atoms. The quantitative estimate of drug-likeness (QED) is 0.220. The van der Waals surface area contributed by atoms with Gasteiger partial charge in [-0.15, -0.1) is 0 Å². The van der Waals surface area contributed by atoms with Gasteiger partial charge in [0.05, 0.1) is 11.3 Å². The fraction of sp³-hybridized carbons (Fsp3) is 0.111. The van der Waals surface area contributed by atoms with Crippen LogP contribution in [0, 0.1) is 5.82 Å². The van der Waals surface area contributed by atoms with Crippen LogP contribution in [0.1, 0.15) is 31.9 Å². The van der Waals surface area contributed by atoms with E-state index >= 15 is 0 Å². The van der Waals surface area contributed by atoms with Gasteiger partial charge in [-0.05, 0) is 59.5 Å². The van der Waals surface area contributed by atoms with Crippen molar-refractivity contribution >= 4 is 44.9 Å². The molecule has 0 aliphatic carbocycles. The highest BCUT2D eigenvalue weighted by atomic mass is 19.1. The number of aromatic hydroxyl groups is 1. The first kappa shape index (κ1) is 25.7. The summed E-state index contributed by atoms with van der Waals surface area (Å²) >= 11 is 0. The van der Waals surface area contributed by atoms with Crippen LogP contribution in [0.25, 0.3) is 55.6 Å². The predicted octanol–water partition coefficient (Wildman–Crippen LogP) is 9.95. The molecular formula is C36H27FN2O3. The van der Waals surface area contributed by atoms with Gasteiger partial charge in [-0.3, -0.25) is 4.99 Å². The Hall–Kier alpha value is -5.23. The number of aliphatic imine (C=N–C) groups is 1. The Balaban J connectivity index is 1.43. The number of hydrogen-bond donors (Lipinski definition) is 1. The second-order valence-corrected chi connectivity index (χ2v) is 11.4. The van der Waals surface area contributed by atoms with E-state index < -0.39 is 5.82 Å².